The van der Waals surface area contributed by atoms with E-state index in [4.69, 9.17) is 15.2 Å². The van der Waals surface area contributed by atoms with Gasteiger partial charge in [-0.1, -0.05) is 36.4 Å². The fourth-order valence-electron chi connectivity index (χ4n) is 4.49. The first-order chi connectivity index (χ1) is 17.6. The molecule has 6 nitrogen and oxygen atoms in total. The Morgan fingerprint density at radius 1 is 1.06 bits per heavy atom. The molecule has 0 saturated carbocycles. The molecule has 36 heavy (non-hydrogen) atoms. The Morgan fingerprint density at radius 2 is 1.89 bits per heavy atom. The highest BCUT2D eigenvalue weighted by atomic mass is 16.5. The standard InChI is InChI=1S/C30H32N4O2/c1-33(2)24-18-19-34(21-24)30-22(11-8-20-35-27-14-5-3-12-25(27)31)9-7-10-23(30)16-17-29-32-26-13-4-6-15-28(26)36-29/h3-6,8,11-19,21,32H,7,9-10,20,31H2,1-2H3/b11-8+,23-16+,29-17-. The predicted molar refractivity (Wildman–Crippen MR) is 148 cm³/mol. The van der Waals surface area contributed by atoms with Crippen molar-refractivity contribution < 1.29 is 9.47 Å². The minimum Gasteiger partial charge on any atom is -0.487 e. The third-order valence-corrected chi connectivity index (χ3v) is 6.33. The molecule has 1 aromatic heterocycles. The molecule has 2 aromatic carbocycles. The van der Waals surface area contributed by atoms with Gasteiger partial charge in [0, 0.05) is 26.5 Å². The minimum absolute atomic E-state index is 0.457. The molecule has 0 radical (unpaired) electrons. The lowest BCUT2D eigenvalue weighted by Crippen LogP contribution is -2.09. The summed E-state index contributed by atoms with van der Waals surface area (Å²) in [6.07, 6.45) is 15.8. The van der Waals surface area contributed by atoms with Gasteiger partial charge in [0.1, 0.15) is 12.4 Å². The van der Waals surface area contributed by atoms with Crippen molar-refractivity contribution in [3.63, 3.8) is 0 Å². The van der Waals surface area contributed by atoms with Crippen molar-refractivity contribution in [2.45, 2.75) is 19.3 Å². The first-order valence-corrected chi connectivity index (χ1v) is 12.3. The van der Waals surface area contributed by atoms with Gasteiger partial charge in [-0.05, 0) is 72.9 Å². The van der Waals surface area contributed by atoms with Crippen LogP contribution in [-0.4, -0.2) is 25.3 Å². The summed E-state index contributed by atoms with van der Waals surface area (Å²) in [5.41, 5.74) is 12.6. The van der Waals surface area contributed by atoms with Crippen molar-refractivity contribution in [3.05, 3.63) is 108 Å². The van der Waals surface area contributed by atoms with Gasteiger partial charge in [-0.15, -0.1) is 0 Å². The molecule has 2 aliphatic rings. The van der Waals surface area contributed by atoms with Crippen LogP contribution in [0.3, 0.4) is 0 Å². The molecule has 184 valence electrons. The summed E-state index contributed by atoms with van der Waals surface area (Å²) in [5.74, 6) is 2.30. The van der Waals surface area contributed by atoms with Crippen LogP contribution in [-0.2, 0) is 0 Å². The highest BCUT2D eigenvalue weighted by Crippen LogP contribution is 2.36. The maximum Gasteiger partial charge on any atom is 0.198 e. The summed E-state index contributed by atoms with van der Waals surface area (Å²) in [6.45, 7) is 0.457. The maximum atomic E-state index is 6.01. The van der Waals surface area contributed by atoms with Gasteiger partial charge in [-0.2, -0.15) is 0 Å². The van der Waals surface area contributed by atoms with Crippen molar-refractivity contribution in [2.24, 2.45) is 0 Å². The number of para-hydroxylation sites is 4. The van der Waals surface area contributed by atoms with Crippen LogP contribution in [0.25, 0.3) is 5.70 Å². The lowest BCUT2D eigenvalue weighted by atomic mass is 9.90. The molecule has 3 aromatic rings. The zero-order valence-corrected chi connectivity index (χ0v) is 20.8. The number of hydrogen-bond acceptors (Lipinski definition) is 5. The largest absolute Gasteiger partial charge is 0.487 e. The van der Waals surface area contributed by atoms with E-state index in [0.717, 1.165) is 42.3 Å². The van der Waals surface area contributed by atoms with E-state index < -0.39 is 0 Å². The number of ether oxygens (including phenoxy) is 2. The third-order valence-electron chi connectivity index (χ3n) is 6.33. The average Bonchev–Trinajstić information content (AvgIpc) is 3.54. The molecule has 0 fully saturated rings. The van der Waals surface area contributed by atoms with Gasteiger partial charge in [-0.25, -0.2) is 0 Å². The molecule has 1 aliphatic carbocycles. The highest BCUT2D eigenvalue weighted by Gasteiger charge is 2.19. The number of benzene rings is 2. The summed E-state index contributed by atoms with van der Waals surface area (Å²) >= 11 is 0. The highest BCUT2D eigenvalue weighted by molar-refractivity contribution is 5.73. The Kier molecular flexibility index (Phi) is 6.85. The van der Waals surface area contributed by atoms with Gasteiger partial charge >= 0.3 is 0 Å². The number of nitrogens with one attached hydrogen (secondary N) is 1. The van der Waals surface area contributed by atoms with Gasteiger partial charge in [0.15, 0.2) is 11.6 Å². The van der Waals surface area contributed by atoms with Gasteiger partial charge in [0.25, 0.3) is 0 Å². The lowest BCUT2D eigenvalue weighted by Gasteiger charge is -2.23. The van der Waals surface area contributed by atoms with Crippen LogP contribution >= 0.6 is 0 Å². The van der Waals surface area contributed by atoms with Crippen LogP contribution < -0.4 is 25.4 Å². The molecule has 0 spiro atoms. The fraction of sp³-hybridized carbons (Fsp3) is 0.200. The molecule has 0 amide bonds. The van der Waals surface area contributed by atoms with Crippen LogP contribution in [0.15, 0.2) is 108 Å². The van der Waals surface area contributed by atoms with Crippen molar-refractivity contribution in [1.29, 1.82) is 0 Å². The second kappa shape index (κ2) is 10.5. The fourth-order valence-corrected chi connectivity index (χ4v) is 4.49. The number of nitrogens with two attached hydrogens (primary N) is 1. The van der Waals surface area contributed by atoms with Crippen LogP contribution in [0.4, 0.5) is 17.1 Å². The summed E-state index contributed by atoms with van der Waals surface area (Å²) in [5, 5.41) is 3.34. The predicted octanol–water partition coefficient (Wildman–Crippen LogP) is 6.44. The van der Waals surface area contributed by atoms with Crippen LogP contribution in [0.1, 0.15) is 19.3 Å². The molecule has 1 aliphatic heterocycles. The van der Waals surface area contributed by atoms with Crippen LogP contribution in [0, 0.1) is 0 Å². The topological polar surface area (TPSA) is 64.7 Å². The van der Waals surface area contributed by atoms with Crippen molar-refractivity contribution in [1.82, 2.24) is 4.57 Å². The lowest BCUT2D eigenvalue weighted by molar-refractivity contribution is 0.364. The average molecular weight is 481 g/mol. The first-order valence-electron chi connectivity index (χ1n) is 12.3. The zero-order valence-electron chi connectivity index (χ0n) is 20.8. The molecule has 5 rings (SSSR count). The number of allylic oxidation sites excluding steroid dienone is 6. The van der Waals surface area contributed by atoms with E-state index in [2.05, 4.69) is 65.6 Å². The number of fused-ring (bicyclic) bond motifs is 1. The van der Waals surface area contributed by atoms with E-state index in [9.17, 15) is 0 Å². The maximum absolute atomic E-state index is 6.01. The quantitative estimate of drug-likeness (QED) is 0.381. The molecular weight excluding hydrogens is 448 g/mol. The SMILES string of the molecule is CN(C)c1ccn(C2=C(/C=C/COc3ccccc3N)CCC/C2=C\C=C2\Nc3ccccc3O2)c1. The van der Waals surface area contributed by atoms with Crippen LogP contribution in [0.2, 0.25) is 0 Å². The summed E-state index contributed by atoms with van der Waals surface area (Å²) in [4.78, 5) is 2.12. The Balaban J connectivity index is 1.43. The molecule has 2 heterocycles. The second-order valence-corrected chi connectivity index (χ2v) is 9.10. The number of nitrogens with zero attached hydrogens (tertiary/aromatic N) is 2. The molecule has 0 saturated heterocycles. The Labute approximate surface area is 212 Å². The van der Waals surface area contributed by atoms with E-state index in [0.29, 0.717) is 18.0 Å². The zero-order chi connectivity index (χ0) is 24.9. The Hall–Kier alpha value is -4.32. The summed E-state index contributed by atoms with van der Waals surface area (Å²) in [6, 6.07) is 17.7. The van der Waals surface area contributed by atoms with Crippen molar-refractivity contribution >= 4 is 22.8 Å². The second-order valence-electron chi connectivity index (χ2n) is 9.10. The molecular formula is C30H32N4O2. The summed E-state index contributed by atoms with van der Waals surface area (Å²) in [7, 11) is 4.12. The van der Waals surface area contributed by atoms with E-state index in [-0.39, 0.29) is 0 Å². The van der Waals surface area contributed by atoms with Crippen molar-refractivity contribution in [3.8, 4) is 11.5 Å². The van der Waals surface area contributed by atoms with Gasteiger partial charge in [0.05, 0.1) is 22.8 Å². The number of anilines is 3. The third kappa shape index (κ3) is 5.18. The molecule has 3 N–H and O–H groups in total. The molecule has 0 bridgehead atoms. The Bertz CT molecular complexity index is 1330. The van der Waals surface area contributed by atoms with E-state index in [1.54, 1.807) is 0 Å². The van der Waals surface area contributed by atoms with Crippen molar-refractivity contribution in [2.75, 3.05) is 36.7 Å². The van der Waals surface area contributed by atoms with E-state index in [1.165, 1.54) is 16.8 Å². The molecule has 0 unspecified atom stereocenters. The number of aromatic nitrogens is 1. The smallest absolute Gasteiger partial charge is 0.198 e. The number of nitrogen functional groups attached to an aromatic ring is 1. The molecule has 6 heteroatoms. The van der Waals surface area contributed by atoms with E-state index >= 15 is 0 Å². The van der Waals surface area contributed by atoms with Gasteiger partial charge in [0.2, 0.25) is 0 Å². The monoisotopic (exact) mass is 480 g/mol. The van der Waals surface area contributed by atoms with E-state index in [1.807, 2.05) is 54.6 Å². The Morgan fingerprint density at radius 3 is 2.69 bits per heavy atom. The number of hydrogen-bond donors (Lipinski definition) is 2. The molecule has 0 atom stereocenters. The van der Waals surface area contributed by atoms with Gasteiger partial charge in [-0.3, -0.25) is 0 Å². The normalized spacial score (nSPS) is 17.4. The number of rotatable bonds is 7. The first kappa shape index (κ1) is 23.4. The van der Waals surface area contributed by atoms with Gasteiger partial charge < -0.3 is 30.0 Å². The summed E-state index contributed by atoms with van der Waals surface area (Å²) < 4.78 is 14.1. The van der Waals surface area contributed by atoms with Crippen LogP contribution in [0.5, 0.6) is 11.5 Å². The minimum atomic E-state index is 0.457.